The molecule has 0 fully saturated rings. The number of hydrogen-bond acceptors (Lipinski definition) is 6. The van der Waals surface area contributed by atoms with Crippen molar-refractivity contribution in [1.29, 1.82) is 0 Å². The third kappa shape index (κ3) is 6.80. The summed E-state index contributed by atoms with van der Waals surface area (Å²) >= 11 is 0. The Morgan fingerprint density at radius 2 is 1.72 bits per heavy atom. The molecule has 2 rings (SSSR count). The molecule has 8 N–H and O–H groups in total. The van der Waals surface area contributed by atoms with E-state index in [4.69, 9.17) is 10.8 Å². The lowest BCUT2D eigenvalue weighted by Crippen LogP contribution is -2.54. The molecule has 0 saturated heterocycles. The summed E-state index contributed by atoms with van der Waals surface area (Å²) in [4.78, 5) is 61.9. The van der Waals surface area contributed by atoms with Crippen molar-refractivity contribution in [3.8, 4) is 0 Å². The monoisotopic (exact) mass is 447 g/mol. The number of rotatable bonds is 11. The fourth-order valence-electron chi connectivity index (χ4n) is 2.95. The smallest absolute Gasteiger partial charge is 0.326 e. The number of carbonyl (C=O) groups excluding carboxylic acids is 3. The van der Waals surface area contributed by atoms with Crippen LogP contribution in [0.2, 0.25) is 0 Å². The molecule has 0 aliphatic carbocycles. The van der Waals surface area contributed by atoms with Crippen molar-refractivity contribution in [2.24, 2.45) is 5.73 Å². The molecule has 0 spiro atoms. The highest BCUT2D eigenvalue weighted by molar-refractivity contribution is 5.94. The van der Waals surface area contributed by atoms with Crippen LogP contribution in [0.25, 0.3) is 10.9 Å². The number of carboxylic acid groups (broad SMARTS) is 2. The molecule has 2 aromatic rings. The molecule has 3 unspecified atom stereocenters. The molecule has 0 bridgehead atoms. The Bertz CT molecular complexity index is 1020. The topological polar surface area (TPSA) is 204 Å². The van der Waals surface area contributed by atoms with Gasteiger partial charge in [-0.3, -0.25) is 19.2 Å². The van der Waals surface area contributed by atoms with Crippen LogP contribution in [0.5, 0.6) is 0 Å². The summed E-state index contributed by atoms with van der Waals surface area (Å²) in [6, 6.07) is 3.44. The Morgan fingerprint density at radius 3 is 2.34 bits per heavy atom. The number of nitrogens with two attached hydrogens (primary N) is 1. The summed E-state index contributed by atoms with van der Waals surface area (Å²) in [5.74, 6) is -5.12. The molecule has 172 valence electrons. The molecule has 32 heavy (non-hydrogen) atoms. The third-order valence-electron chi connectivity index (χ3n) is 4.58. The van der Waals surface area contributed by atoms with Crippen molar-refractivity contribution in [3.63, 3.8) is 0 Å². The predicted octanol–water partition coefficient (Wildman–Crippen LogP) is -1.30. The van der Waals surface area contributed by atoms with Crippen molar-refractivity contribution >= 4 is 40.6 Å². The van der Waals surface area contributed by atoms with Crippen molar-refractivity contribution < 1.29 is 34.2 Å². The van der Waals surface area contributed by atoms with E-state index < -0.39 is 60.8 Å². The molecule has 3 atom stereocenters. The van der Waals surface area contributed by atoms with Crippen LogP contribution in [0.1, 0.15) is 18.9 Å². The number of carboxylic acids is 2. The number of H-pyrrole nitrogens is 1. The van der Waals surface area contributed by atoms with Crippen LogP contribution in [0, 0.1) is 0 Å². The van der Waals surface area contributed by atoms with Crippen LogP contribution in [0.4, 0.5) is 0 Å². The lowest BCUT2D eigenvalue weighted by molar-refractivity contribution is -0.143. The van der Waals surface area contributed by atoms with Crippen LogP contribution < -0.4 is 21.7 Å². The second-order valence-electron chi connectivity index (χ2n) is 7.19. The molecule has 12 nitrogen and oxygen atoms in total. The van der Waals surface area contributed by atoms with Gasteiger partial charge >= 0.3 is 11.9 Å². The standard InChI is InChI=1S/C20H25N5O7/c1-10(21)18(29)23-9-16(26)24-14(7-17(27)28)19(30)25-15(20(31)32)6-11-8-22-13-5-3-2-4-12(11)13/h2-5,8,10,14-15,22H,6-7,9,21H2,1H3,(H,23,29)(H,24,26)(H,25,30)(H,27,28)(H,31,32). The Balaban J connectivity index is 2.08. The fourth-order valence-corrected chi connectivity index (χ4v) is 2.95. The Morgan fingerprint density at radius 1 is 1.03 bits per heavy atom. The number of amides is 3. The van der Waals surface area contributed by atoms with Gasteiger partial charge in [-0.25, -0.2) is 4.79 Å². The van der Waals surface area contributed by atoms with E-state index in [1.54, 1.807) is 18.3 Å². The van der Waals surface area contributed by atoms with E-state index >= 15 is 0 Å². The van der Waals surface area contributed by atoms with Gasteiger partial charge < -0.3 is 36.9 Å². The second kappa shape index (κ2) is 10.9. The molecule has 12 heteroatoms. The number of carbonyl (C=O) groups is 5. The summed E-state index contributed by atoms with van der Waals surface area (Å²) in [6.45, 7) is 0.884. The quantitative estimate of drug-likeness (QED) is 0.220. The number of fused-ring (bicyclic) bond motifs is 1. The van der Waals surface area contributed by atoms with E-state index in [1.807, 2.05) is 12.1 Å². The van der Waals surface area contributed by atoms with Crippen LogP contribution in [0.3, 0.4) is 0 Å². The van der Waals surface area contributed by atoms with Gasteiger partial charge in [0, 0.05) is 23.5 Å². The van der Waals surface area contributed by atoms with Crippen molar-refractivity contribution in [1.82, 2.24) is 20.9 Å². The minimum atomic E-state index is -1.54. The van der Waals surface area contributed by atoms with Crippen LogP contribution >= 0.6 is 0 Å². The number of benzene rings is 1. The molecule has 0 saturated carbocycles. The van der Waals surface area contributed by atoms with Crippen LogP contribution in [-0.4, -0.2) is 69.5 Å². The van der Waals surface area contributed by atoms with E-state index in [9.17, 15) is 29.1 Å². The Hall–Kier alpha value is -3.93. The summed E-state index contributed by atoms with van der Waals surface area (Å²) in [7, 11) is 0. The van der Waals surface area contributed by atoms with Gasteiger partial charge in [-0.1, -0.05) is 18.2 Å². The number of aromatic nitrogens is 1. The number of aliphatic carboxylic acids is 2. The summed E-state index contributed by atoms with van der Waals surface area (Å²) < 4.78 is 0. The first kappa shape index (κ1) is 24.3. The molecule has 1 aromatic carbocycles. The second-order valence-corrected chi connectivity index (χ2v) is 7.19. The zero-order chi connectivity index (χ0) is 23.8. The van der Waals surface area contributed by atoms with E-state index in [-0.39, 0.29) is 6.42 Å². The van der Waals surface area contributed by atoms with Gasteiger partial charge in [0.05, 0.1) is 19.0 Å². The largest absolute Gasteiger partial charge is 0.481 e. The highest BCUT2D eigenvalue weighted by Gasteiger charge is 2.29. The van der Waals surface area contributed by atoms with Crippen molar-refractivity contribution in [2.75, 3.05) is 6.54 Å². The summed E-state index contributed by atoms with van der Waals surface area (Å²) in [6.07, 6.45) is 0.784. The van der Waals surface area contributed by atoms with Crippen LogP contribution in [-0.2, 0) is 30.4 Å². The molecule has 1 aromatic heterocycles. The zero-order valence-corrected chi connectivity index (χ0v) is 17.3. The first-order chi connectivity index (χ1) is 15.1. The predicted molar refractivity (Wildman–Crippen MR) is 112 cm³/mol. The first-order valence-electron chi connectivity index (χ1n) is 9.71. The van der Waals surface area contributed by atoms with Gasteiger partial charge in [-0.05, 0) is 18.6 Å². The minimum Gasteiger partial charge on any atom is -0.481 e. The molecular weight excluding hydrogens is 422 g/mol. The number of para-hydroxylation sites is 1. The zero-order valence-electron chi connectivity index (χ0n) is 17.3. The molecular formula is C20H25N5O7. The molecule has 1 heterocycles. The van der Waals surface area contributed by atoms with E-state index in [0.29, 0.717) is 5.56 Å². The molecule has 0 aliphatic heterocycles. The lowest BCUT2D eigenvalue weighted by Gasteiger charge is -2.20. The van der Waals surface area contributed by atoms with Gasteiger partial charge in [0.15, 0.2) is 0 Å². The highest BCUT2D eigenvalue weighted by atomic mass is 16.4. The van der Waals surface area contributed by atoms with Gasteiger partial charge in [0.1, 0.15) is 12.1 Å². The average molecular weight is 447 g/mol. The SMILES string of the molecule is CC(N)C(=O)NCC(=O)NC(CC(=O)O)C(=O)NC(Cc1c[nH]c2ccccc12)C(=O)O. The maximum absolute atomic E-state index is 12.6. The van der Waals surface area contributed by atoms with E-state index in [1.165, 1.54) is 6.92 Å². The summed E-state index contributed by atoms with van der Waals surface area (Å²) in [5.41, 5.74) is 6.81. The maximum atomic E-state index is 12.6. The van der Waals surface area contributed by atoms with Crippen molar-refractivity contribution in [2.45, 2.75) is 37.9 Å². The fraction of sp³-hybridized carbons (Fsp3) is 0.350. The third-order valence-corrected chi connectivity index (χ3v) is 4.58. The highest BCUT2D eigenvalue weighted by Crippen LogP contribution is 2.19. The van der Waals surface area contributed by atoms with E-state index in [0.717, 1.165) is 10.9 Å². The lowest BCUT2D eigenvalue weighted by atomic mass is 10.0. The van der Waals surface area contributed by atoms with Gasteiger partial charge in [0.2, 0.25) is 17.7 Å². The minimum absolute atomic E-state index is 0.0662. The average Bonchev–Trinajstić information content (AvgIpc) is 3.13. The van der Waals surface area contributed by atoms with Crippen molar-refractivity contribution in [3.05, 3.63) is 36.0 Å². The number of hydrogen-bond donors (Lipinski definition) is 7. The number of nitrogens with one attached hydrogen (secondary N) is 4. The van der Waals surface area contributed by atoms with Gasteiger partial charge in [-0.2, -0.15) is 0 Å². The number of aromatic amines is 1. The van der Waals surface area contributed by atoms with Crippen LogP contribution in [0.15, 0.2) is 30.5 Å². The normalized spacial score (nSPS) is 13.6. The first-order valence-corrected chi connectivity index (χ1v) is 9.71. The molecule has 0 aliphatic rings. The summed E-state index contributed by atoms with van der Waals surface area (Å²) in [5, 5.41) is 26.1. The van der Waals surface area contributed by atoms with Gasteiger partial charge in [-0.15, -0.1) is 0 Å². The maximum Gasteiger partial charge on any atom is 0.326 e. The van der Waals surface area contributed by atoms with E-state index in [2.05, 4.69) is 20.9 Å². The Labute approximate surface area is 182 Å². The Kier molecular flexibility index (Phi) is 8.30. The van der Waals surface area contributed by atoms with Gasteiger partial charge in [0.25, 0.3) is 0 Å². The molecule has 0 radical (unpaired) electrons. The molecule has 3 amide bonds.